The molecular formula is C18H21NO4. The van der Waals surface area contributed by atoms with Gasteiger partial charge in [-0.2, -0.15) is 0 Å². The van der Waals surface area contributed by atoms with Crippen LogP contribution in [0.15, 0.2) is 34.7 Å². The van der Waals surface area contributed by atoms with Crippen molar-refractivity contribution in [3.05, 3.63) is 53.0 Å². The first-order valence-electron chi connectivity index (χ1n) is 7.58. The van der Waals surface area contributed by atoms with Gasteiger partial charge in [0.15, 0.2) is 6.10 Å². The van der Waals surface area contributed by atoms with Crippen molar-refractivity contribution in [3.8, 4) is 0 Å². The van der Waals surface area contributed by atoms with Gasteiger partial charge in [0.05, 0.1) is 0 Å². The molecule has 2 aromatic rings. The van der Waals surface area contributed by atoms with Crippen LogP contribution in [-0.4, -0.2) is 18.0 Å². The number of carbonyl (C=O) groups is 2. The monoisotopic (exact) mass is 315 g/mol. The number of anilines is 1. The van der Waals surface area contributed by atoms with Crippen LogP contribution in [0.25, 0.3) is 0 Å². The van der Waals surface area contributed by atoms with E-state index in [4.69, 9.17) is 9.15 Å². The van der Waals surface area contributed by atoms with Crippen LogP contribution in [-0.2, 0) is 16.0 Å². The Hall–Kier alpha value is -2.56. The molecule has 1 aromatic carbocycles. The fraction of sp³-hybridized carbons (Fsp3) is 0.333. The number of hydrogen-bond donors (Lipinski definition) is 1. The number of carbonyl (C=O) groups excluding carboxylic acids is 2. The molecule has 0 bridgehead atoms. The summed E-state index contributed by atoms with van der Waals surface area (Å²) < 4.78 is 10.5. The minimum absolute atomic E-state index is 0.342. The van der Waals surface area contributed by atoms with Crippen LogP contribution < -0.4 is 5.32 Å². The highest BCUT2D eigenvalue weighted by atomic mass is 16.5. The second-order valence-corrected chi connectivity index (χ2v) is 5.41. The van der Waals surface area contributed by atoms with Crippen molar-refractivity contribution in [3.63, 3.8) is 0 Å². The van der Waals surface area contributed by atoms with Gasteiger partial charge in [-0.15, -0.1) is 0 Å². The molecule has 1 amide bonds. The maximum atomic E-state index is 12.1. The Balaban J connectivity index is 1.96. The highest BCUT2D eigenvalue weighted by Gasteiger charge is 2.22. The number of furan rings is 1. The lowest BCUT2D eigenvalue weighted by atomic mass is 10.1. The van der Waals surface area contributed by atoms with Gasteiger partial charge in [-0.1, -0.05) is 19.1 Å². The Kier molecular flexibility index (Phi) is 5.21. The molecule has 0 aliphatic rings. The molecule has 0 aliphatic heterocycles. The molecule has 5 nitrogen and oxygen atoms in total. The number of esters is 1. The zero-order valence-corrected chi connectivity index (χ0v) is 13.8. The van der Waals surface area contributed by atoms with Crippen molar-refractivity contribution in [1.29, 1.82) is 0 Å². The summed E-state index contributed by atoms with van der Waals surface area (Å²) in [6.45, 7) is 7.04. The molecule has 1 aromatic heterocycles. The molecular weight excluding hydrogens is 294 g/mol. The smallest absolute Gasteiger partial charge is 0.342 e. The first-order chi connectivity index (χ1) is 10.9. The summed E-state index contributed by atoms with van der Waals surface area (Å²) in [6.07, 6.45) is 0.0362. The van der Waals surface area contributed by atoms with E-state index in [-0.39, 0.29) is 5.91 Å². The number of aryl methyl sites for hydroxylation is 3. The number of hydrogen-bond acceptors (Lipinski definition) is 4. The van der Waals surface area contributed by atoms with Gasteiger partial charge in [-0.3, -0.25) is 4.79 Å². The maximum absolute atomic E-state index is 12.1. The summed E-state index contributed by atoms with van der Waals surface area (Å²) in [5, 5.41) is 2.73. The SMILES string of the molecule is CCc1ccc(NC(=O)[C@H](C)OC(=O)c2cc(C)oc2C)cc1. The predicted molar refractivity (Wildman–Crippen MR) is 87.5 cm³/mol. The zero-order chi connectivity index (χ0) is 17.0. The predicted octanol–water partition coefficient (Wildman–Crippen LogP) is 3.64. The van der Waals surface area contributed by atoms with Crippen molar-refractivity contribution >= 4 is 17.6 Å². The van der Waals surface area contributed by atoms with E-state index in [1.54, 1.807) is 19.9 Å². The summed E-state index contributed by atoms with van der Waals surface area (Å²) >= 11 is 0. The summed E-state index contributed by atoms with van der Waals surface area (Å²) in [5.74, 6) is 0.168. The molecule has 0 fully saturated rings. The Labute approximate surface area is 135 Å². The van der Waals surface area contributed by atoms with E-state index >= 15 is 0 Å². The second kappa shape index (κ2) is 7.13. The highest BCUT2D eigenvalue weighted by Crippen LogP contribution is 2.16. The summed E-state index contributed by atoms with van der Waals surface area (Å²) in [7, 11) is 0. The molecule has 0 saturated heterocycles. The van der Waals surface area contributed by atoms with Crippen molar-refractivity contribution in [1.82, 2.24) is 0 Å². The standard InChI is InChI=1S/C18H21NO4/c1-5-14-6-8-15(9-7-14)19-17(20)13(4)23-18(21)16-10-11(2)22-12(16)3/h6-10,13H,5H2,1-4H3,(H,19,20)/t13-/m0/s1. The molecule has 1 heterocycles. The van der Waals surface area contributed by atoms with Crippen molar-refractivity contribution < 1.29 is 18.7 Å². The Bertz CT molecular complexity index is 700. The number of benzene rings is 1. The largest absolute Gasteiger partial charge is 0.466 e. The van der Waals surface area contributed by atoms with Crippen LogP contribution in [0, 0.1) is 13.8 Å². The molecule has 5 heteroatoms. The van der Waals surface area contributed by atoms with Gasteiger partial charge in [0.1, 0.15) is 17.1 Å². The van der Waals surface area contributed by atoms with Crippen molar-refractivity contribution in [2.45, 2.75) is 40.2 Å². The van der Waals surface area contributed by atoms with Gasteiger partial charge in [-0.05, 0) is 51.0 Å². The summed E-state index contributed by atoms with van der Waals surface area (Å²) in [4.78, 5) is 24.2. The topological polar surface area (TPSA) is 68.5 Å². The molecule has 1 atom stereocenters. The van der Waals surface area contributed by atoms with Gasteiger partial charge >= 0.3 is 5.97 Å². The minimum atomic E-state index is -0.900. The average molecular weight is 315 g/mol. The van der Waals surface area contributed by atoms with E-state index in [2.05, 4.69) is 12.2 Å². The fourth-order valence-corrected chi connectivity index (χ4v) is 2.18. The lowest BCUT2D eigenvalue weighted by molar-refractivity contribution is -0.123. The molecule has 23 heavy (non-hydrogen) atoms. The quantitative estimate of drug-likeness (QED) is 0.855. The van der Waals surface area contributed by atoms with Crippen LogP contribution in [0.5, 0.6) is 0 Å². The van der Waals surface area contributed by atoms with E-state index in [9.17, 15) is 9.59 Å². The van der Waals surface area contributed by atoms with Gasteiger partial charge in [0.25, 0.3) is 5.91 Å². The fourth-order valence-electron chi connectivity index (χ4n) is 2.18. The van der Waals surface area contributed by atoms with Gasteiger partial charge in [0, 0.05) is 5.69 Å². The number of nitrogens with one attached hydrogen (secondary N) is 1. The van der Waals surface area contributed by atoms with E-state index in [1.165, 1.54) is 12.5 Å². The first kappa shape index (κ1) is 16.8. The molecule has 0 radical (unpaired) electrons. The number of amides is 1. The van der Waals surface area contributed by atoms with Gasteiger partial charge in [-0.25, -0.2) is 4.79 Å². The Morgan fingerprint density at radius 3 is 2.39 bits per heavy atom. The van der Waals surface area contributed by atoms with Gasteiger partial charge < -0.3 is 14.5 Å². The van der Waals surface area contributed by atoms with Crippen LogP contribution in [0.2, 0.25) is 0 Å². The maximum Gasteiger partial charge on any atom is 0.342 e. The highest BCUT2D eigenvalue weighted by molar-refractivity contribution is 5.97. The summed E-state index contributed by atoms with van der Waals surface area (Å²) in [6, 6.07) is 9.16. The van der Waals surface area contributed by atoms with E-state index in [0.29, 0.717) is 22.8 Å². The Morgan fingerprint density at radius 1 is 1.22 bits per heavy atom. The second-order valence-electron chi connectivity index (χ2n) is 5.41. The lowest BCUT2D eigenvalue weighted by Crippen LogP contribution is -2.30. The number of ether oxygens (including phenoxy) is 1. The van der Waals surface area contributed by atoms with E-state index in [1.807, 2.05) is 24.3 Å². The van der Waals surface area contributed by atoms with Crippen LogP contribution in [0.1, 0.15) is 41.3 Å². The third kappa shape index (κ3) is 4.22. The third-order valence-corrected chi connectivity index (χ3v) is 3.54. The van der Waals surface area contributed by atoms with Crippen LogP contribution >= 0.6 is 0 Å². The molecule has 1 N–H and O–H groups in total. The molecule has 122 valence electrons. The van der Waals surface area contributed by atoms with Crippen molar-refractivity contribution in [2.75, 3.05) is 5.32 Å². The lowest BCUT2D eigenvalue weighted by Gasteiger charge is -2.13. The summed E-state index contributed by atoms with van der Waals surface area (Å²) in [5.41, 5.74) is 2.20. The minimum Gasteiger partial charge on any atom is -0.466 e. The molecule has 0 aliphatic carbocycles. The van der Waals surface area contributed by atoms with E-state index < -0.39 is 12.1 Å². The number of rotatable bonds is 5. The van der Waals surface area contributed by atoms with Gasteiger partial charge in [0.2, 0.25) is 0 Å². The first-order valence-corrected chi connectivity index (χ1v) is 7.58. The zero-order valence-electron chi connectivity index (χ0n) is 13.8. The average Bonchev–Trinajstić information content (AvgIpc) is 2.86. The van der Waals surface area contributed by atoms with Crippen LogP contribution in [0.3, 0.4) is 0 Å². The normalized spacial score (nSPS) is 11.8. The third-order valence-electron chi connectivity index (χ3n) is 3.54. The molecule has 2 rings (SSSR count). The van der Waals surface area contributed by atoms with Crippen molar-refractivity contribution in [2.24, 2.45) is 0 Å². The molecule has 0 saturated carbocycles. The molecule has 0 spiro atoms. The van der Waals surface area contributed by atoms with E-state index in [0.717, 1.165) is 6.42 Å². The molecule has 0 unspecified atom stereocenters. The Morgan fingerprint density at radius 2 is 1.87 bits per heavy atom. The van der Waals surface area contributed by atoms with Crippen LogP contribution in [0.4, 0.5) is 5.69 Å².